The molecule has 2 N–H and O–H groups in total. The first-order valence-corrected chi connectivity index (χ1v) is 7.11. The summed E-state index contributed by atoms with van der Waals surface area (Å²) in [6.45, 7) is 2.20. The van der Waals surface area contributed by atoms with Crippen LogP contribution in [0.3, 0.4) is 0 Å². The molecule has 0 saturated carbocycles. The lowest BCUT2D eigenvalue weighted by Gasteiger charge is -2.21. The number of benzene rings is 1. The van der Waals surface area contributed by atoms with Gasteiger partial charge in [0.1, 0.15) is 11.5 Å². The molecular formula is C15H20N2O3. The zero-order valence-electron chi connectivity index (χ0n) is 11.6. The SMILES string of the molecule is COc1ccc(O)c(C(=O)NC2CCN3CCCC23)c1. The molecule has 5 heteroatoms. The normalized spacial score (nSPS) is 25.4. The smallest absolute Gasteiger partial charge is 0.255 e. The molecule has 5 nitrogen and oxygen atoms in total. The van der Waals surface area contributed by atoms with Crippen LogP contribution in [0.5, 0.6) is 11.5 Å². The fraction of sp³-hybridized carbons (Fsp3) is 0.533. The number of hydrogen-bond acceptors (Lipinski definition) is 4. The molecule has 2 heterocycles. The summed E-state index contributed by atoms with van der Waals surface area (Å²) in [6, 6.07) is 5.36. The molecule has 2 unspecified atom stereocenters. The summed E-state index contributed by atoms with van der Waals surface area (Å²) in [5, 5.41) is 12.9. The first-order chi connectivity index (χ1) is 9.69. The Balaban J connectivity index is 1.73. The number of rotatable bonds is 3. The van der Waals surface area contributed by atoms with Crippen LogP contribution in [0.2, 0.25) is 0 Å². The molecule has 108 valence electrons. The molecule has 2 fully saturated rings. The Hall–Kier alpha value is -1.75. The molecule has 0 spiro atoms. The number of nitrogens with zero attached hydrogens (tertiary/aromatic N) is 1. The molecule has 20 heavy (non-hydrogen) atoms. The zero-order chi connectivity index (χ0) is 14.1. The van der Waals surface area contributed by atoms with Gasteiger partial charge in [-0.3, -0.25) is 9.69 Å². The van der Waals surface area contributed by atoms with Gasteiger partial charge in [0.25, 0.3) is 5.91 Å². The van der Waals surface area contributed by atoms with E-state index in [1.54, 1.807) is 19.2 Å². The second kappa shape index (κ2) is 5.32. The molecule has 0 aromatic heterocycles. The van der Waals surface area contributed by atoms with Crippen LogP contribution in [0.1, 0.15) is 29.6 Å². The van der Waals surface area contributed by atoms with Crippen molar-refractivity contribution in [2.24, 2.45) is 0 Å². The van der Waals surface area contributed by atoms with Gasteiger partial charge in [0.05, 0.1) is 12.7 Å². The van der Waals surface area contributed by atoms with Gasteiger partial charge in [0.2, 0.25) is 0 Å². The summed E-state index contributed by atoms with van der Waals surface area (Å²) >= 11 is 0. The third kappa shape index (κ3) is 2.33. The maximum atomic E-state index is 12.3. The highest BCUT2D eigenvalue weighted by atomic mass is 16.5. The second-order valence-corrected chi connectivity index (χ2v) is 5.50. The second-order valence-electron chi connectivity index (χ2n) is 5.50. The molecule has 3 rings (SSSR count). The van der Waals surface area contributed by atoms with E-state index in [2.05, 4.69) is 10.2 Å². The van der Waals surface area contributed by atoms with Gasteiger partial charge in [-0.1, -0.05) is 0 Å². The Morgan fingerprint density at radius 2 is 2.25 bits per heavy atom. The average Bonchev–Trinajstić information content (AvgIpc) is 3.04. The monoisotopic (exact) mass is 276 g/mol. The first kappa shape index (κ1) is 13.2. The lowest BCUT2D eigenvalue weighted by Crippen LogP contribution is -2.42. The van der Waals surface area contributed by atoms with Gasteiger partial charge in [0, 0.05) is 18.6 Å². The molecule has 2 aliphatic heterocycles. The number of hydrogen-bond donors (Lipinski definition) is 2. The van der Waals surface area contributed by atoms with Crippen LogP contribution in [0.15, 0.2) is 18.2 Å². The number of fused-ring (bicyclic) bond motifs is 1. The van der Waals surface area contributed by atoms with Gasteiger partial charge in [-0.15, -0.1) is 0 Å². The summed E-state index contributed by atoms with van der Waals surface area (Å²) in [6.07, 6.45) is 3.34. The average molecular weight is 276 g/mol. The third-order valence-corrected chi connectivity index (χ3v) is 4.37. The Morgan fingerprint density at radius 1 is 1.40 bits per heavy atom. The summed E-state index contributed by atoms with van der Waals surface area (Å²) in [5.74, 6) is 0.339. The minimum atomic E-state index is -0.222. The van der Waals surface area contributed by atoms with Crippen LogP contribution in [-0.4, -0.2) is 48.2 Å². The van der Waals surface area contributed by atoms with Gasteiger partial charge < -0.3 is 15.2 Å². The van der Waals surface area contributed by atoms with Crippen LogP contribution in [0.4, 0.5) is 0 Å². The largest absolute Gasteiger partial charge is 0.507 e. The number of aromatic hydroxyl groups is 1. The minimum Gasteiger partial charge on any atom is -0.507 e. The predicted octanol–water partition coefficient (Wildman–Crippen LogP) is 1.37. The number of nitrogens with one attached hydrogen (secondary N) is 1. The molecule has 2 saturated heterocycles. The molecule has 1 aromatic rings. The van der Waals surface area contributed by atoms with Crippen molar-refractivity contribution in [1.82, 2.24) is 10.2 Å². The van der Waals surface area contributed by atoms with Crippen molar-refractivity contribution in [3.63, 3.8) is 0 Å². The van der Waals surface area contributed by atoms with Crippen molar-refractivity contribution in [2.75, 3.05) is 20.2 Å². The quantitative estimate of drug-likeness (QED) is 0.875. The number of carbonyl (C=O) groups is 1. The minimum absolute atomic E-state index is 0.00965. The topological polar surface area (TPSA) is 61.8 Å². The van der Waals surface area contributed by atoms with Gasteiger partial charge in [-0.25, -0.2) is 0 Å². The number of phenolic OH excluding ortho intramolecular Hbond substituents is 1. The van der Waals surface area contributed by atoms with E-state index in [0.717, 1.165) is 25.9 Å². The molecule has 0 radical (unpaired) electrons. The lowest BCUT2D eigenvalue weighted by atomic mass is 10.1. The molecular weight excluding hydrogens is 256 g/mol. The number of carbonyl (C=O) groups excluding carboxylic acids is 1. The van der Waals surface area contributed by atoms with Gasteiger partial charge in [-0.05, 0) is 44.0 Å². The molecule has 1 amide bonds. The number of amides is 1. The fourth-order valence-electron chi connectivity index (χ4n) is 3.32. The molecule has 0 aliphatic carbocycles. The van der Waals surface area contributed by atoms with E-state index in [9.17, 15) is 9.90 Å². The van der Waals surface area contributed by atoms with Crippen LogP contribution in [-0.2, 0) is 0 Å². The standard InChI is InChI=1S/C15H20N2O3/c1-20-10-4-5-14(18)11(9-10)15(19)16-12-6-8-17-7-2-3-13(12)17/h4-5,9,12-13,18H,2-3,6-8H2,1H3,(H,16,19). The third-order valence-electron chi connectivity index (χ3n) is 4.37. The highest BCUT2D eigenvalue weighted by Crippen LogP contribution is 2.29. The van der Waals surface area contributed by atoms with Crippen molar-refractivity contribution >= 4 is 5.91 Å². The van der Waals surface area contributed by atoms with E-state index >= 15 is 0 Å². The summed E-state index contributed by atoms with van der Waals surface area (Å²) in [5.41, 5.74) is 0.279. The number of methoxy groups -OCH3 is 1. The van der Waals surface area contributed by atoms with E-state index < -0.39 is 0 Å². The molecule has 0 bridgehead atoms. The maximum Gasteiger partial charge on any atom is 0.255 e. The van der Waals surface area contributed by atoms with Gasteiger partial charge in [0.15, 0.2) is 0 Å². The van der Waals surface area contributed by atoms with E-state index in [0.29, 0.717) is 11.8 Å². The number of ether oxygens (including phenoxy) is 1. The van der Waals surface area contributed by atoms with Crippen molar-refractivity contribution in [3.8, 4) is 11.5 Å². The van der Waals surface area contributed by atoms with Crippen molar-refractivity contribution in [1.29, 1.82) is 0 Å². The summed E-state index contributed by atoms with van der Waals surface area (Å²) < 4.78 is 5.10. The maximum absolute atomic E-state index is 12.3. The Morgan fingerprint density at radius 3 is 3.05 bits per heavy atom. The van der Waals surface area contributed by atoms with Crippen molar-refractivity contribution in [3.05, 3.63) is 23.8 Å². The van der Waals surface area contributed by atoms with Gasteiger partial charge >= 0.3 is 0 Å². The highest BCUT2D eigenvalue weighted by Gasteiger charge is 2.38. The predicted molar refractivity (Wildman–Crippen MR) is 75.1 cm³/mol. The number of phenols is 1. The van der Waals surface area contributed by atoms with Crippen LogP contribution in [0.25, 0.3) is 0 Å². The van der Waals surface area contributed by atoms with Crippen LogP contribution < -0.4 is 10.1 Å². The molecule has 1 aromatic carbocycles. The van der Waals surface area contributed by atoms with E-state index in [4.69, 9.17) is 4.74 Å². The lowest BCUT2D eigenvalue weighted by molar-refractivity contribution is 0.0926. The Kier molecular flexibility index (Phi) is 3.53. The molecule has 2 atom stereocenters. The summed E-state index contributed by atoms with van der Waals surface area (Å²) in [4.78, 5) is 14.8. The Bertz CT molecular complexity index is 518. The summed E-state index contributed by atoms with van der Waals surface area (Å²) in [7, 11) is 1.54. The first-order valence-electron chi connectivity index (χ1n) is 7.11. The van der Waals surface area contributed by atoms with Crippen LogP contribution >= 0.6 is 0 Å². The Labute approximate surface area is 118 Å². The van der Waals surface area contributed by atoms with Crippen molar-refractivity contribution < 1.29 is 14.6 Å². The molecule has 2 aliphatic rings. The van der Waals surface area contributed by atoms with Gasteiger partial charge in [-0.2, -0.15) is 0 Å². The van der Waals surface area contributed by atoms with E-state index in [1.807, 2.05) is 0 Å². The van der Waals surface area contributed by atoms with Crippen LogP contribution in [0, 0.1) is 0 Å². The zero-order valence-corrected chi connectivity index (χ0v) is 11.6. The fourth-order valence-corrected chi connectivity index (χ4v) is 3.32. The van der Waals surface area contributed by atoms with E-state index in [-0.39, 0.29) is 23.3 Å². The van der Waals surface area contributed by atoms with Crippen molar-refractivity contribution in [2.45, 2.75) is 31.3 Å². The highest BCUT2D eigenvalue weighted by molar-refractivity contribution is 5.97. The van der Waals surface area contributed by atoms with E-state index in [1.165, 1.54) is 12.5 Å².